The number of hydrogen-bond acceptors (Lipinski definition) is 7. The first kappa shape index (κ1) is 25.6. The Labute approximate surface area is 216 Å². The summed E-state index contributed by atoms with van der Waals surface area (Å²) in [5, 5.41) is 14.2. The van der Waals surface area contributed by atoms with Crippen molar-refractivity contribution in [1.82, 2.24) is 15.4 Å². The number of aromatic amines is 1. The maximum absolute atomic E-state index is 13.3. The van der Waals surface area contributed by atoms with Crippen LogP contribution in [0.1, 0.15) is 44.1 Å². The fourth-order valence-electron chi connectivity index (χ4n) is 3.78. The zero-order chi connectivity index (χ0) is 27.1. The first-order valence-electron chi connectivity index (χ1n) is 11.7. The molecule has 1 aliphatic rings. The van der Waals surface area contributed by atoms with Crippen molar-refractivity contribution in [3.05, 3.63) is 71.7 Å². The lowest BCUT2D eigenvalue weighted by atomic mass is 10.1. The third kappa shape index (κ3) is 5.47. The van der Waals surface area contributed by atoms with Gasteiger partial charge in [-0.25, -0.2) is 12.8 Å². The van der Waals surface area contributed by atoms with Crippen molar-refractivity contribution in [3.63, 3.8) is 0 Å². The number of H-pyrrole nitrogens is 1. The fourth-order valence-corrected chi connectivity index (χ4v) is 4.34. The number of ether oxygens (including phenoxy) is 1. The van der Waals surface area contributed by atoms with Crippen molar-refractivity contribution in [2.45, 2.75) is 44.0 Å². The van der Waals surface area contributed by atoms with Crippen LogP contribution < -0.4 is 14.8 Å². The van der Waals surface area contributed by atoms with Gasteiger partial charge in [-0.05, 0) is 49.6 Å². The average Bonchev–Trinajstić information content (AvgIpc) is 3.25. The summed E-state index contributed by atoms with van der Waals surface area (Å²) in [4.78, 5) is 0. The number of halogens is 3. The Kier molecular flexibility index (Phi) is 6.55. The molecule has 0 bridgehead atoms. The molecular weight excluding hydrogens is 523 g/mol. The van der Waals surface area contributed by atoms with Crippen LogP contribution in [0.4, 0.5) is 30.5 Å². The lowest BCUT2D eigenvalue weighted by Crippen LogP contribution is -2.21. The van der Waals surface area contributed by atoms with Gasteiger partial charge < -0.3 is 14.6 Å². The summed E-state index contributed by atoms with van der Waals surface area (Å²) < 4.78 is 76.3. The van der Waals surface area contributed by atoms with Gasteiger partial charge in [0.15, 0.2) is 11.6 Å². The van der Waals surface area contributed by atoms with Crippen LogP contribution >= 0.6 is 0 Å². The summed E-state index contributed by atoms with van der Waals surface area (Å²) in [5.74, 6) is -2.32. The monoisotopic (exact) mass is 547 g/mol. The molecule has 0 aliphatic heterocycles. The molecule has 2 aromatic heterocycles. The number of nitrogens with zero attached hydrogens (tertiary/aromatic N) is 2. The number of hydrogen-bond donors (Lipinski definition) is 3. The van der Waals surface area contributed by atoms with Gasteiger partial charge in [0.25, 0.3) is 10.0 Å². The first-order valence-corrected chi connectivity index (χ1v) is 13.2. The van der Waals surface area contributed by atoms with Crippen molar-refractivity contribution in [1.29, 1.82) is 0 Å². The van der Waals surface area contributed by atoms with Crippen LogP contribution in [-0.2, 0) is 15.4 Å². The van der Waals surface area contributed by atoms with Gasteiger partial charge in [0.05, 0.1) is 11.4 Å². The smallest absolute Gasteiger partial charge is 0.355 e. The molecule has 0 radical (unpaired) electrons. The van der Waals surface area contributed by atoms with E-state index >= 15 is 0 Å². The molecule has 1 fully saturated rings. The third-order valence-corrected chi connectivity index (χ3v) is 7.34. The molecule has 0 unspecified atom stereocenters. The van der Waals surface area contributed by atoms with Crippen molar-refractivity contribution in [2.75, 3.05) is 10.0 Å². The summed E-state index contributed by atoms with van der Waals surface area (Å²) in [6.45, 7) is 3.77. The second-order valence-electron chi connectivity index (χ2n) is 9.36. The number of rotatable bonds is 10. The molecule has 13 heteroatoms. The lowest BCUT2D eigenvalue weighted by molar-refractivity contribution is 0.228. The van der Waals surface area contributed by atoms with E-state index in [0.29, 0.717) is 28.5 Å². The first-order chi connectivity index (χ1) is 18.0. The van der Waals surface area contributed by atoms with E-state index in [1.165, 1.54) is 42.5 Å². The van der Waals surface area contributed by atoms with Crippen LogP contribution in [0.5, 0.6) is 5.75 Å². The molecule has 1 atom stereocenters. The number of benzene rings is 2. The van der Waals surface area contributed by atoms with Gasteiger partial charge in [0.1, 0.15) is 23.4 Å². The highest BCUT2D eigenvalue weighted by atomic mass is 32.2. The van der Waals surface area contributed by atoms with E-state index in [4.69, 9.17) is 9.26 Å². The average molecular weight is 548 g/mol. The second kappa shape index (κ2) is 9.71. The van der Waals surface area contributed by atoms with Crippen LogP contribution in [0.25, 0.3) is 11.3 Å². The number of aromatic nitrogens is 3. The topological polar surface area (TPSA) is 122 Å². The quantitative estimate of drug-likeness (QED) is 0.219. The number of nitrogens with one attached hydrogen (secondary N) is 3. The highest BCUT2D eigenvalue weighted by molar-refractivity contribution is 7.93. The molecule has 0 saturated heterocycles. The van der Waals surface area contributed by atoms with Crippen LogP contribution in [-0.4, -0.2) is 29.5 Å². The summed E-state index contributed by atoms with van der Waals surface area (Å²) in [6, 6.07) is 13.4. The van der Waals surface area contributed by atoms with Crippen LogP contribution in [0, 0.1) is 5.82 Å². The predicted octanol–water partition coefficient (Wildman–Crippen LogP) is 6.10. The van der Waals surface area contributed by atoms with Gasteiger partial charge >= 0.3 is 5.76 Å². The summed E-state index contributed by atoms with van der Waals surface area (Å²) in [7, 11) is -4.95. The molecule has 200 valence electrons. The molecule has 0 spiro atoms. The third-order valence-electron chi connectivity index (χ3n) is 6.36. The van der Waals surface area contributed by atoms with Crippen LogP contribution in [0.15, 0.2) is 59.1 Å². The van der Waals surface area contributed by atoms with E-state index < -0.39 is 27.7 Å². The zero-order valence-corrected chi connectivity index (χ0v) is 21.2. The SMILES string of the molecule is C[C@H](Oc1cc(-c2cc(Nc3cc(C4(C)CC4)on3)n[nH]2)ccc1NS(=O)(=O)C(F)F)c1ccc(F)cc1. The zero-order valence-electron chi connectivity index (χ0n) is 20.3. The maximum atomic E-state index is 13.3. The second-order valence-corrected chi connectivity index (χ2v) is 11.0. The molecule has 1 aliphatic carbocycles. The highest BCUT2D eigenvalue weighted by Gasteiger charge is 2.43. The summed E-state index contributed by atoms with van der Waals surface area (Å²) in [6.07, 6.45) is 1.43. The van der Waals surface area contributed by atoms with Gasteiger partial charge in [-0.2, -0.15) is 13.9 Å². The number of anilines is 3. The van der Waals surface area contributed by atoms with E-state index in [1.54, 1.807) is 13.0 Å². The van der Waals surface area contributed by atoms with E-state index in [0.717, 1.165) is 18.6 Å². The molecule has 5 rings (SSSR count). The molecule has 2 heterocycles. The van der Waals surface area contributed by atoms with Gasteiger partial charge in [0, 0.05) is 23.1 Å². The van der Waals surface area contributed by atoms with E-state index in [9.17, 15) is 21.6 Å². The molecule has 3 N–H and O–H groups in total. The summed E-state index contributed by atoms with van der Waals surface area (Å²) >= 11 is 0. The van der Waals surface area contributed by atoms with E-state index in [-0.39, 0.29) is 16.9 Å². The molecule has 1 saturated carbocycles. The molecule has 2 aromatic carbocycles. The normalized spacial score (nSPS) is 15.3. The van der Waals surface area contributed by atoms with E-state index in [1.807, 2.05) is 10.8 Å². The molecule has 0 amide bonds. The highest BCUT2D eigenvalue weighted by Crippen LogP contribution is 2.48. The van der Waals surface area contributed by atoms with Gasteiger partial charge in [-0.3, -0.25) is 9.82 Å². The van der Waals surface area contributed by atoms with Gasteiger partial charge in [-0.1, -0.05) is 30.3 Å². The van der Waals surface area contributed by atoms with Crippen molar-refractivity contribution in [2.24, 2.45) is 0 Å². The largest absolute Gasteiger partial charge is 0.484 e. The predicted molar refractivity (Wildman–Crippen MR) is 134 cm³/mol. The Balaban J connectivity index is 1.40. The Morgan fingerprint density at radius 2 is 1.82 bits per heavy atom. The maximum Gasteiger partial charge on any atom is 0.355 e. The van der Waals surface area contributed by atoms with Crippen LogP contribution in [0.3, 0.4) is 0 Å². The Bertz CT molecular complexity index is 1550. The van der Waals surface area contributed by atoms with Gasteiger partial charge in [-0.15, -0.1) is 0 Å². The standard InChI is InChI=1S/C25H24F3N5O4S/c1-14(15-3-6-17(26)7-4-15)36-20-11-16(5-8-18(20)33-38(34,35)24(27)28)19-12-22(31-30-19)29-23-13-21(37-32-23)25(2)9-10-25/h3-8,11-14,24,33H,9-10H2,1-2H3,(H2,29,30,31,32)/t14-/m0/s1. The molecule has 9 nitrogen and oxygen atoms in total. The van der Waals surface area contributed by atoms with Crippen molar-refractivity contribution in [3.8, 4) is 17.0 Å². The Morgan fingerprint density at radius 3 is 2.50 bits per heavy atom. The minimum Gasteiger partial charge on any atom is -0.484 e. The van der Waals surface area contributed by atoms with Crippen molar-refractivity contribution >= 4 is 27.3 Å². The summed E-state index contributed by atoms with van der Waals surface area (Å²) in [5.41, 5.74) is 1.52. The molecule has 4 aromatic rings. The minimum absolute atomic E-state index is 0.00789. The lowest BCUT2D eigenvalue weighted by Gasteiger charge is -2.19. The molecular formula is C25H24F3N5O4S. The van der Waals surface area contributed by atoms with E-state index in [2.05, 4.69) is 27.6 Å². The minimum atomic E-state index is -4.95. The van der Waals surface area contributed by atoms with Crippen LogP contribution in [0.2, 0.25) is 0 Å². The van der Waals surface area contributed by atoms with Gasteiger partial charge in [0.2, 0.25) is 0 Å². The number of sulfonamides is 1. The molecule has 38 heavy (non-hydrogen) atoms. The Hall–Kier alpha value is -4.00. The Morgan fingerprint density at radius 1 is 1.08 bits per heavy atom. The number of alkyl halides is 2. The van der Waals surface area contributed by atoms with Crippen molar-refractivity contribution < 1.29 is 30.8 Å². The fraction of sp³-hybridized carbons (Fsp3) is 0.280.